The Morgan fingerprint density at radius 1 is 1.38 bits per heavy atom. The largest absolute Gasteiger partial charge is 0.375 e. The van der Waals surface area contributed by atoms with E-state index < -0.39 is 0 Å². The molecule has 1 fully saturated rings. The lowest BCUT2D eigenvalue weighted by Gasteiger charge is -2.32. The van der Waals surface area contributed by atoms with Crippen molar-refractivity contribution in [1.29, 1.82) is 0 Å². The number of hydrogen-bond donors (Lipinski definition) is 0. The number of likely N-dealkylation sites (tertiary alicyclic amines) is 1. The van der Waals surface area contributed by atoms with Crippen molar-refractivity contribution in [2.75, 3.05) is 26.8 Å². The van der Waals surface area contributed by atoms with Gasteiger partial charge in [0.15, 0.2) is 0 Å². The fourth-order valence-corrected chi connectivity index (χ4v) is 3.19. The van der Waals surface area contributed by atoms with Crippen LogP contribution in [0.25, 0.3) is 11.4 Å². The van der Waals surface area contributed by atoms with Crippen LogP contribution in [0.5, 0.6) is 0 Å². The minimum Gasteiger partial charge on any atom is -0.375 e. The van der Waals surface area contributed by atoms with Crippen molar-refractivity contribution in [1.82, 2.24) is 24.6 Å². The second-order valence-corrected chi connectivity index (χ2v) is 6.22. The van der Waals surface area contributed by atoms with E-state index in [1.54, 1.807) is 24.2 Å². The Bertz CT molecular complexity index is 683. The maximum atomic E-state index is 12.0. The van der Waals surface area contributed by atoms with Crippen molar-refractivity contribution in [3.8, 4) is 11.4 Å². The maximum Gasteiger partial charge on any atom is 0.248 e. The van der Waals surface area contributed by atoms with Gasteiger partial charge in [0.1, 0.15) is 12.3 Å². The van der Waals surface area contributed by atoms with E-state index in [0.29, 0.717) is 5.92 Å². The molecule has 7 nitrogen and oxygen atoms in total. The van der Waals surface area contributed by atoms with Gasteiger partial charge in [-0.25, -0.2) is 0 Å². The summed E-state index contributed by atoms with van der Waals surface area (Å²) in [6, 6.07) is 1.92. The Labute approximate surface area is 141 Å². The number of carbonyl (C=O) groups is 1. The molecule has 1 amide bonds. The number of aryl methyl sites for hydroxylation is 1. The molecule has 0 radical (unpaired) electrons. The lowest BCUT2D eigenvalue weighted by atomic mass is 9.93. The fourth-order valence-electron chi connectivity index (χ4n) is 3.19. The van der Waals surface area contributed by atoms with Crippen molar-refractivity contribution in [2.45, 2.75) is 19.3 Å². The average Bonchev–Trinajstić information content (AvgIpc) is 3.02. The molecule has 1 unspecified atom stereocenters. The lowest BCUT2D eigenvalue weighted by molar-refractivity contribution is -0.136. The van der Waals surface area contributed by atoms with Crippen LogP contribution in [0.2, 0.25) is 0 Å². The van der Waals surface area contributed by atoms with Crippen molar-refractivity contribution in [2.24, 2.45) is 13.0 Å². The van der Waals surface area contributed by atoms with E-state index in [9.17, 15) is 4.79 Å². The van der Waals surface area contributed by atoms with Gasteiger partial charge in [-0.2, -0.15) is 5.10 Å². The van der Waals surface area contributed by atoms with Crippen molar-refractivity contribution in [3.05, 3.63) is 30.4 Å². The Morgan fingerprint density at radius 3 is 2.92 bits per heavy atom. The van der Waals surface area contributed by atoms with Gasteiger partial charge in [0, 0.05) is 39.6 Å². The SMILES string of the molecule is COCC(=O)N1CCCC(Cc2cnc(-c3ccnn3C)cn2)C1. The first-order valence-corrected chi connectivity index (χ1v) is 8.23. The Hall–Kier alpha value is -2.28. The summed E-state index contributed by atoms with van der Waals surface area (Å²) in [5, 5.41) is 4.15. The molecule has 3 heterocycles. The van der Waals surface area contributed by atoms with Crippen LogP contribution in [-0.2, 0) is 23.0 Å². The first kappa shape index (κ1) is 16.6. The van der Waals surface area contributed by atoms with Crippen LogP contribution in [0.15, 0.2) is 24.7 Å². The zero-order valence-electron chi connectivity index (χ0n) is 14.2. The average molecular weight is 329 g/mol. The number of piperidine rings is 1. The van der Waals surface area contributed by atoms with E-state index in [0.717, 1.165) is 49.4 Å². The highest BCUT2D eigenvalue weighted by atomic mass is 16.5. The fraction of sp³-hybridized carbons (Fsp3) is 0.529. The normalized spacial score (nSPS) is 17.9. The molecule has 1 atom stereocenters. The molecule has 2 aromatic rings. The molecule has 0 saturated carbocycles. The summed E-state index contributed by atoms with van der Waals surface area (Å²) in [5.74, 6) is 0.497. The van der Waals surface area contributed by atoms with Crippen LogP contribution >= 0.6 is 0 Å². The van der Waals surface area contributed by atoms with Gasteiger partial charge in [-0.15, -0.1) is 0 Å². The highest BCUT2D eigenvalue weighted by molar-refractivity contribution is 5.77. The molecule has 1 saturated heterocycles. The Balaban J connectivity index is 1.61. The van der Waals surface area contributed by atoms with Gasteiger partial charge < -0.3 is 9.64 Å². The molecular formula is C17H23N5O2. The first-order valence-electron chi connectivity index (χ1n) is 8.23. The topological polar surface area (TPSA) is 73.1 Å². The summed E-state index contributed by atoms with van der Waals surface area (Å²) in [7, 11) is 3.44. The van der Waals surface area contributed by atoms with Gasteiger partial charge >= 0.3 is 0 Å². The summed E-state index contributed by atoms with van der Waals surface area (Å²) < 4.78 is 6.73. The molecule has 0 bridgehead atoms. The number of nitrogens with zero attached hydrogens (tertiary/aromatic N) is 5. The van der Waals surface area contributed by atoms with E-state index in [1.165, 1.54) is 0 Å². The third-order valence-electron chi connectivity index (χ3n) is 4.43. The van der Waals surface area contributed by atoms with Gasteiger partial charge in [-0.3, -0.25) is 19.4 Å². The highest BCUT2D eigenvalue weighted by Crippen LogP contribution is 2.21. The number of hydrogen-bond acceptors (Lipinski definition) is 5. The summed E-state index contributed by atoms with van der Waals surface area (Å²) >= 11 is 0. The Kier molecular flexibility index (Phi) is 5.20. The second kappa shape index (κ2) is 7.53. The summed E-state index contributed by atoms with van der Waals surface area (Å²) in [6.07, 6.45) is 8.36. The quantitative estimate of drug-likeness (QED) is 0.827. The van der Waals surface area contributed by atoms with Crippen LogP contribution in [-0.4, -0.2) is 57.4 Å². The predicted molar refractivity (Wildman–Crippen MR) is 89.1 cm³/mol. The minimum absolute atomic E-state index is 0.0693. The van der Waals surface area contributed by atoms with E-state index in [4.69, 9.17) is 4.74 Å². The van der Waals surface area contributed by atoms with Gasteiger partial charge in [0.2, 0.25) is 5.91 Å². The smallest absolute Gasteiger partial charge is 0.248 e. The molecule has 0 N–H and O–H groups in total. The molecular weight excluding hydrogens is 306 g/mol. The summed E-state index contributed by atoms with van der Waals surface area (Å²) in [6.45, 7) is 1.75. The number of aromatic nitrogens is 4. The van der Waals surface area contributed by atoms with Crippen LogP contribution in [0.3, 0.4) is 0 Å². The maximum absolute atomic E-state index is 12.0. The second-order valence-electron chi connectivity index (χ2n) is 6.22. The van der Waals surface area contributed by atoms with Crippen molar-refractivity contribution >= 4 is 5.91 Å². The molecule has 128 valence electrons. The van der Waals surface area contributed by atoms with Crippen molar-refractivity contribution < 1.29 is 9.53 Å². The number of methoxy groups -OCH3 is 1. The third-order valence-corrected chi connectivity index (χ3v) is 4.43. The predicted octanol–water partition coefficient (Wildman–Crippen LogP) is 1.30. The molecule has 0 spiro atoms. The van der Waals surface area contributed by atoms with Crippen LogP contribution < -0.4 is 0 Å². The number of amides is 1. The van der Waals surface area contributed by atoms with Crippen molar-refractivity contribution in [3.63, 3.8) is 0 Å². The molecule has 1 aliphatic rings. The number of carbonyl (C=O) groups excluding carboxylic acids is 1. The van der Waals surface area contributed by atoms with E-state index in [-0.39, 0.29) is 12.5 Å². The van der Waals surface area contributed by atoms with E-state index in [1.807, 2.05) is 24.2 Å². The van der Waals surface area contributed by atoms with Crippen LogP contribution in [0.4, 0.5) is 0 Å². The van der Waals surface area contributed by atoms with Gasteiger partial charge in [0.25, 0.3) is 0 Å². The van der Waals surface area contributed by atoms with Gasteiger partial charge in [-0.05, 0) is 31.2 Å². The van der Waals surface area contributed by atoms with Gasteiger partial charge in [0.05, 0.1) is 17.6 Å². The molecule has 1 aliphatic heterocycles. The third kappa shape index (κ3) is 3.79. The molecule has 0 aliphatic carbocycles. The highest BCUT2D eigenvalue weighted by Gasteiger charge is 2.24. The standard InChI is InChI=1S/C17H23N5O2/c1-21-16(5-6-20-21)15-10-18-14(9-19-15)8-13-4-3-7-22(11-13)17(23)12-24-2/h5-6,9-10,13H,3-4,7-8,11-12H2,1-2H3. The minimum atomic E-state index is 0.0693. The molecule has 2 aromatic heterocycles. The monoisotopic (exact) mass is 329 g/mol. The van der Waals surface area contributed by atoms with E-state index in [2.05, 4.69) is 15.1 Å². The number of rotatable bonds is 5. The zero-order valence-corrected chi connectivity index (χ0v) is 14.2. The summed E-state index contributed by atoms with van der Waals surface area (Å²) in [4.78, 5) is 22.9. The molecule has 0 aromatic carbocycles. The van der Waals surface area contributed by atoms with Gasteiger partial charge in [-0.1, -0.05) is 0 Å². The molecule has 7 heteroatoms. The zero-order chi connectivity index (χ0) is 16.9. The van der Waals surface area contributed by atoms with E-state index >= 15 is 0 Å². The van der Waals surface area contributed by atoms with Crippen LogP contribution in [0, 0.1) is 5.92 Å². The first-order chi connectivity index (χ1) is 11.7. The Morgan fingerprint density at radius 2 is 2.25 bits per heavy atom. The summed E-state index contributed by atoms with van der Waals surface area (Å²) in [5.41, 5.74) is 2.73. The lowest BCUT2D eigenvalue weighted by Crippen LogP contribution is -2.42. The number of ether oxygens (including phenoxy) is 1. The molecule has 3 rings (SSSR count). The molecule has 24 heavy (non-hydrogen) atoms. The van der Waals surface area contributed by atoms with Crippen LogP contribution in [0.1, 0.15) is 18.5 Å².